The molecular weight excluding hydrogens is 242 g/mol. The molecule has 0 unspecified atom stereocenters. The number of benzene rings is 1. The van der Waals surface area contributed by atoms with E-state index in [0.29, 0.717) is 19.0 Å². The van der Waals surface area contributed by atoms with Crippen LogP contribution in [0.15, 0.2) is 23.2 Å². The lowest BCUT2D eigenvalue weighted by atomic mass is 10.0. The second kappa shape index (κ2) is 4.51. The van der Waals surface area contributed by atoms with Gasteiger partial charge >= 0.3 is 5.91 Å². The highest BCUT2D eigenvalue weighted by Crippen LogP contribution is 2.44. The van der Waals surface area contributed by atoms with Gasteiger partial charge in [0.1, 0.15) is 5.84 Å². The van der Waals surface area contributed by atoms with Gasteiger partial charge in [0.05, 0.1) is 18.8 Å². The predicted molar refractivity (Wildman–Crippen MR) is 74.3 cm³/mol. The molecular formula is C14H19N3O2. The molecule has 1 aromatic rings. The van der Waals surface area contributed by atoms with Gasteiger partial charge in [0.2, 0.25) is 0 Å². The topological polar surface area (TPSA) is 60.1 Å². The van der Waals surface area contributed by atoms with Crippen LogP contribution in [0.5, 0.6) is 0 Å². The van der Waals surface area contributed by atoms with Crippen LogP contribution in [-0.4, -0.2) is 32.1 Å². The van der Waals surface area contributed by atoms with Crippen molar-refractivity contribution in [1.29, 1.82) is 0 Å². The Morgan fingerprint density at radius 1 is 1.26 bits per heavy atom. The van der Waals surface area contributed by atoms with E-state index in [2.05, 4.69) is 29.8 Å². The number of ether oxygens (including phenoxy) is 2. The molecule has 2 N–H and O–H groups in total. The minimum atomic E-state index is -1.02. The molecule has 102 valence electrons. The van der Waals surface area contributed by atoms with Crippen molar-refractivity contribution < 1.29 is 9.47 Å². The Hall–Kier alpha value is -1.59. The van der Waals surface area contributed by atoms with Crippen molar-refractivity contribution in [2.24, 2.45) is 10.7 Å². The lowest BCUT2D eigenvalue weighted by Crippen LogP contribution is -2.29. The lowest BCUT2D eigenvalue weighted by Gasteiger charge is -2.28. The molecule has 0 atom stereocenters. The van der Waals surface area contributed by atoms with E-state index in [1.165, 1.54) is 0 Å². The Morgan fingerprint density at radius 2 is 1.95 bits per heavy atom. The van der Waals surface area contributed by atoms with Crippen LogP contribution >= 0.6 is 0 Å². The molecule has 2 heterocycles. The van der Waals surface area contributed by atoms with Crippen LogP contribution in [0.1, 0.15) is 25.0 Å². The van der Waals surface area contributed by atoms with Crippen LogP contribution in [0.2, 0.25) is 0 Å². The fraction of sp³-hybridized carbons (Fsp3) is 0.500. The second-order valence-corrected chi connectivity index (χ2v) is 4.65. The summed E-state index contributed by atoms with van der Waals surface area (Å²) in [5.41, 5.74) is 8.99. The zero-order valence-electron chi connectivity index (χ0n) is 11.3. The van der Waals surface area contributed by atoms with E-state index in [0.717, 1.165) is 29.9 Å². The number of hydrogen-bond acceptors (Lipinski definition) is 5. The Balaban J connectivity index is 2.17. The molecule has 2 aliphatic heterocycles. The molecule has 5 heteroatoms. The van der Waals surface area contributed by atoms with E-state index in [4.69, 9.17) is 15.2 Å². The van der Waals surface area contributed by atoms with Gasteiger partial charge < -0.3 is 20.1 Å². The van der Waals surface area contributed by atoms with Crippen LogP contribution < -0.4 is 10.6 Å². The van der Waals surface area contributed by atoms with E-state index >= 15 is 0 Å². The van der Waals surface area contributed by atoms with Crippen LogP contribution in [0, 0.1) is 0 Å². The van der Waals surface area contributed by atoms with Gasteiger partial charge in [-0.2, -0.15) is 0 Å². The number of nitrogens with zero attached hydrogens (tertiary/aromatic N) is 2. The summed E-state index contributed by atoms with van der Waals surface area (Å²) in [7, 11) is 0. The minimum Gasteiger partial charge on any atom is -0.383 e. The molecule has 0 bridgehead atoms. The average molecular weight is 261 g/mol. The van der Waals surface area contributed by atoms with Gasteiger partial charge in [-0.15, -0.1) is 0 Å². The maximum absolute atomic E-state index is 6.02. The molecule has 1 spiro atoms. The third-order valence-corrected chi connectivity index (χ3v) is 3.68. The summed E-state index contributed by atoms with van der Waals surface area (Å²) in [4.78, 5) is 6.69. The first-order chi connectivity index (χ1) is 9.22. The van der Waals surface area contributed by atoms with Gasteiger partial charge in [0, 0.05) is 24.3 Å². The highest BCUT2D eigenvalue weighted by molar-refractivity contribution is 6.03. The molecule has 19 heavy (non-hydrogen) atoms. The van der Waals surface area contributed by atoms with Gasteiger partial charge in [-0.05, 0) is 19.9 Å². The first-order valence-electron chi connectivity index (χ1n) is 6.74. The standard InChI is InChI=1S/C14H19N3O2/c1-3-17(4-2)11-7-5-6-10-12(11)14(16-13(10)15)18-8-9-19-14/h5-7H,3-4,8-9H2,1-2H3,(H2,15,16). The third kappa shape index (κ3) is 1.73. The largest absolute Gasteiger partial charge is 0.383 e. The molecule has 5 nitrogen and oxygen atoms in total. The Kier molecular flexibility index (Phi) is 2.95. The third-order valence-electron chi connectivity index (χ3n) is 3.68. The number of aliphatic imine (C=N–C) groups is 1. The van der Waals surface area contributed by atoms with Gasteiger partial charge in [-0.3, -0.25) is 0 Å². The van der Waals surface area contributed by atoms with Crippen LogP contribution in [0.4, 0.5) is 5.69 Å². The summed E-state index contributed by atoms with van der Waals surface area (Å²) in [5, 5.41) is 0. The van der Waals surface area contributed by atoms with E-state index in [1.807, 2.05) is 12.1 Å². The van der Waals surface area contributed by atoms with Crippen LogP contribution in [0.3, 0.4) is 0 Å². The number of nitrogens with two attached hydrogens (primary N) is 1. The fourth-order valence-corrected chi connectivity index (χ4v) is 2.80. The number of rotatable bonds is 3. The summed E-state index contributed by atoms with van der Waals surface area (Å²) < 4.78 is 11.5. The summed E-state index contributed by atoms with van der Waals surface area (Å²) >= 11 is 0. The molecule has 2 aliphatic rings. The monoisotopic (exact) mass is 261 g/mol. The maximum atomic E-state index is 6.02. The molecule has 0 amide bonds. The number of fused-ring (bicyclic) bond motifs is 2. The van der Waals surface area contributed by atoms with Gasteiger partial charge in [-0.1, -0.05) is 12.1 Å². The fourth-order valence-electron chi connectivity index (χ4n) is 2.80. The van der Waals surface area contributed by atoms with E-state index in [1.54, 1.807) is 0 Å². The molecule has 0 aromatic heterocycles. The van der Waals surface area contributed by atoms with Crippen molar-refractivity contribution in [2.45, 2.75) is 19.8 Å². The average Bonchev–Trinajstić information content (AvgIpc) is 2.99. The zero-order chi connectivity index (χ0) is 13.5. The first-order valence-corrected chi connectivity index (χ1v) is 6.74. The SMILES string of the molecule is CCN(CC)c1cccc2c1C1(N=C2N)OCCO1. The molecule has 1 saturated heterocycles. The second-order valence-electron chi connectivity index (χ2n) is 4.65. The van der Waals surface area contributed by atoms with E-state index in [9.17, 15) is 0 Å². The Bertz CT molecular complexity index is 517. The Labute approximate surface area is 113 Å². The van der Waals surface area contributed by atoms with Gasteiger partial charge in [-0.25, -0.2) is 4.99 Å². The van der Waals surface area contributed by atoms with Gasteiger partial charge in [0.25, 0.3) is 0 Å². The van der Waals surface area contributed by atoms with Crippen LogP contribution in [-0.2, 0) is 15.4 Å². The van der Waals surface area contributed by atoms with Crippen molar-refractivity contribution in [2.75, 3.05) is 31.2 Å². The van der Waals surface area contributed by atoms with Crippen molar-refractivity contribution >= 4 is 11.5 Å². The van der Waals surface area contributed by atoms with Crippen molar-refractivity contribution in [3.8, 4) is 0 Å². The summed E-state index contributed by atoms with van der Waals surface area (Å²) in [6, 6.07) is 6.05. The Morgan fingerprint density at radius 3 is 2.58 bits per heavy atom. The number of amidine groups is 1. The predicted octanol–water partition coefficient (Wildman–Crippen LogP) is 1.41. The molecule has 0 saturated carbocycles. The van der Waals surface area contributed by atoms with E-state index < -0.39 is 5.91 Å². The maximum Gasteiger partial charge on any atom is 0.302 e. The van der Waals surface area contributed by atoms with Crippen molar-refractivity contribution in [1.82, 2.24) is 0 Å². The number of hydrogen-bond donors (Lipinski definition) is 1. The summed E-state index contributed by atoms with van der Waals surface area (Å²) in [6.45, 7) is 7.19. The highest BCUT2D eigenvalue weighted by atomic mass is 16.8. The smallest absolute Gasteiger partial charge is 0.302 e. The highest BCUT2D eigenvalue weighted by Gasteiger charge is 2.47. The van der Waals surface area contributed by atoms with Gasteiger partial charge in [0.15, 0.2) is 0 Å². The quantitative estimate of drug-likeness (QED) is 0.893. The molecule has 3 rings (SSSR count). The normalized spacial score (nSPS) is 19.6. The van der Waals surface area contributed by atoms with Crippen molar-refractivity contribution in [3.05, 3.63) is 29.3 Å². The van der Waals surface area contributed by atoms with E-state index in [-0.39, 0.29) is 0 Å². The minimum absolute atomic E-state index is 0.492. The summed E-state index contributed by atoms with van der Waals surface area (Å²) in [6.07, 6.45) is 0. The lowest BCUT2D eigenvalue weighted by molar-refractivity contribution is -0.155. The first kappa shape index (κ1) is 12.4. The number of anilines is 1. The van der Waals surface area contributed by atoms with Crippen LogP contribution in [0.25, 0.3) is 0 Å². The zero-order valence-corrected chi connectivity index (χ0v) is 11.3. The molecule has 1 aromatic carbocycles. The molecule has 0 radical (unpaired) electrons. The molecule has 1 fully saturated rings. The molecule has 0 aliphatic carbocycles. The van der Waals surface area contributed by atoms with Crippen molar-refractivity contribution in [3.63, 3.8) is 0 Å². The summed E-state index contributed by atoms with van der Waals surface area (Å²) in [5.74, 6) is -0.524.